The maximum atomic E-state index is 12.0. The minimum absolute atomic E-state index is 0.118. The summed E-state index contributed by atoms with van der Waals surface area (Å²) < 4.78 is 0. The van der Waals surface area contributed by atoms with Crippen LogP contribution in [0.4, 0.5) is 23.0 Å². The molecule has 0 atom stereocenters. The van der Waals surface area contributed by atoms with Crippen LogP contribution in [-0.2, 0) is 11.2 Å². The van der Waals surface area contributed by atoms with Crippen LogP contribution < -0.4 is 9.80 Å². The quantitative estimate of drug-likeness (QED) is 0.633. The van der Waals surface area contributed by atoms with Gasteiger partial charge in [0.05, 0.1) is 10.8 Å². The van der Waals surface area contributed by atoms with Gasteiger partial charge in [-0.05, 0) is 37.3 Å². The molecule has 1 fully saturated rings. The monoisotopic (exact) mass is 383 g/mol. The molecule has 9 nitrogen and oxygen atoms in total. The zero-order valence-corrected chi connectivity index (χ0v) is 15.3. The summed E-state index contributed by atoms with van der Waals surface area (Å²) in [6.45, 7) is 1.49. The number of piperidine rings is 1. The number of nitro groups is 1. The molecule has 3 heterocycles. The van der Waals surface area contributed by atoms with E-state index in [1.807, 2.05) is 29.2 Å². The number of carbonyl (C=O) groups is 1. The van der Waals surface area contributed by atoms with Crippen molar-refractivity contribution in [3.63, 3.8) is 0 Å². The number of anilines is 3. The van der Waals surface area contributed by atoms with E-state index in [9.17, 15) is 20.0 Å². The zero-order chi connectivity index (χ0) is 19.7. The summed E-state index contributed by atoms with van der Waals surface area (Å²) in [5, 5.41) is 21.2. The van der Waals surface area contributed by atoms with E-state index in [4.69, 9.17) is 0 Å². The van der Waals surface area contributed by atoms with Gasteiger partial charge in [-0.25, -0.2) is 9.97 Å². The molecule has 0 spiro atoms. The van der Waals surface area contributed by atoms with Crippen LogP contribution in [0, 0.1) is 16.0 Å². The van der Waals surface area contributed by atoms with Crippen LogP contribution in [-0.4, -0.2) is 45.6 Å². The molecule has 1 N–H and O–H groups in total. The molecule has 2 aromatic rings. The van der Waals surface area contributed by atoms with Gasteiger partial charge < -0.3 is 14.9 Å². The summed E-state index contributed by atoms with van der Waals surface area (Å²) in [6.07, 6.45) is 4.06. The number of hydrogen-bond acceptors (Lipinski definition) is 7. The highest BCUT2D eigenvalue weighted by Crippen LogP contribution is 2.41. The number of fused-ring (bicyclic) bond motifs is 1. The molecule has 4 rings (SSSR count). The third kappa shape index (κ3) is 3.23. The summed E-state index contributed by atoms with van der Waals surface area (Å²) in [7, 11) is 0. The predicted molar refractivity (Wildman–Crippen MR) is 103 cm³/mol. The lowest BCUT2D eigenvalue weighted by atomic mass is 9.97. The fourth-order valence-corrected chi connectivity index (χ4v) is 4.04. The van der Waals surface area contributed by atoms with Crippen LogP contribution in [0.15, 0.2) is 30.6 Å². The number of aromatic nitrogens is 2. The van der Waals surface area contributed by atoms with E-state index in [0.29, 0.717) is 38.3 Å². The molecule has 0 radical (unpaired) electrons. The summed E-state index contributed by atoms with van der Waals surface area (Å²) in [4.78, 5) is 34.9. The smallest absolute Gasteiger partial charge is 0.353 e. The van der Waals surface area contributed by atoms with E-state index in [0.717, 1.165) is 24.1 Å². The number of benzene rings is 1. The largest absolute Gasteiger partial charge is 0.481 e. The number of carboxylic acids is 1. The first-order valence-electron chi connectivity index (χ1n) is 9.39. The molecule has 1 aromatic carbocycles. The highest BCUT2D eigenvalue weighted by Gasteiger charge is 2.34. The molecular weight excluding hydrogens is 362 g/mol. The van der Waals surface area contributed by atoms with Gasteiger partial charge in [-0.3, -0.25) is 14.9 Å². The summed E-state index contributed by atoms with van der Waals surface area (Å²) in [6, 6.07) is 7.88. The molecular formula is C19H21N5O4. The first kappa shape index (κ1) is 18.1. The normalized spacial score (nSPS) is 17.3. The molecule has 9 heteroatoms. The number of nitrogens with zero attached hydrogens (tertiary/aromatic N) is 5. The Bertz CT molecular complexity index is 911. The second-order valence-electron chi connectivity index (χ2n) is 7.11. The van der Waals surface area contributed by atoms with E-state index in [1.54, 1.807) is 4.90 Å². The van der Waals surface area contributed by atoms with Crippen LogP contribution >= 0.6 is 0 Å². The third-order valence-electron chi connectivity index (χ3n) is 5.48. The fraction of sp³-hybridized carbons (Fsp3) is 0.421. The first-order valence-corrected chi connectivity index (χ1v) is 9.39. The van der Waals surface area contributed by atoms with E-state index in [-0.39, 0.29) is 11.5 Å². The Balaban J connectivity index is 1.72. The second-order valence-corrected chi connectivity index (χ2v) is 7.11. The van der Waals surface area contributed by atoms with Gasteiger partial charge >= 0.3 is 11.7 Å². The lowest BCUT2D eigenvalue weighted by molar-refractivity contribution is -0.383. The Hall–Kier alpha value is -3.23. The Morgan fingerprint density at radius 2 is 1.86 bits per heavy atom. The Kier molecular flexibility index (Phi) is 4.81. The zero-order valence-electron chi connectivity index (χ0n) is 15.3. The van der Waals surface area contributed by atoms with E-state index >= 15 is 0 Å². The van der Waals surface area contributed by atoms with Crippen molar-refractivity contribution in [1.82, 2.24) is 9.97 Å². The van der Waals surface area contributed by atoms with Crippen LogP contribution in [0.5, 0.6) is 0 Å². The molecule has 146 valence electrons. The van der Waals surface area contributed by atoms with Gasteiger partial charge in [0.15, 0.2) is 0 Å². The van der Waals surface area contributed by atoms with Gasteiger partial charge in [0.1, 0.15) is 6.33 Å². The van der Waals surface area contributed by atoms with E-state index in [2.05, 4.69) is 9.97 Å². The van der Waals surface area contributed by atoms with Gasteiger partial charge in [0, 0.05) is 25.3 Å². The van der Waals surface area contributed by atoms with Crippen molar-refractivity contribution >= 4 is 29.0 Å². The predicted octanol–water partition coefficient (Wildman–Crippen LogP) is 2.77. The first-order chi connectivity index (χ1) is 13.6. The molecule has 2 aliphatic heterocycles. The average molecular weight is 383 g/mol. The standard InChI is InChI=1S/C19H21N5O4/c25-19(26)14-7-10-22(11-8-14)17-16(24(27)28)18(21-12-20-17)23-9-3-5-13-4-1-2-6-15(13)23/h1-2,4,6,12,14H,3,5,7-11H2,(H,25,26). The topological polar surface area (TPSA) is 113 Å². The van der Waals surface area contributed by atoms with Crippen molar-refractivity contribution in [2.24, 2.45) is 5.92 Å². The number of rotatable bonds is 4. The van der Waals surface area contributed by atoms with Crippen molar-refractivity contribution in [2.45, 2.75) is 25.7 Å². The van der Waals surface area contributed by atoms with Crippen molar-refractivity contribution in [1.29, 1.82) is 0 Å². The minimum atomic E-state index is -0.817. The number of aliphatic carboxylic acids is 1. The third-order valence-corrected chi connectivity index (χ3v) is 5.48. The molecule has 2 aliphatic rings. The van der Waals surface area contributed by atoms with Crippen LogP contribution in [0.1, 0.15) is 24.8 Å². The number of hydrogen-bond donors (Lipinski definition) is 1. The second kappa shape index (κ2) is 7.41. The van der Waals surface area contributed by atoms with Crippen molar-refractivity contribution in [2.75, 3.05) is 29.4 Å². The molecule has 0 unspecified atom stereocenters. The maximum absolute atomic E-state index is 12.0. The minimum Gasteiger partial charge on any atom is -0.481 e. The van der Waals surface area contributed by atoms with Gasteiger partial charge in [0.25, 0.3) is 0 Å². The van der Waals surface area contributed by atoms with E-state index in [1.165, 1.54) is 6.33 Å². The molecule has 1 saturated heterocycles. The molecule has 0 bridgehead atoms. The Morgan fingerprint density at radius 3 is 2.57 bits per heavy atom. The van der Waals surface area contributed by atoms with Crippen LogP contribution in [0.25, 0.3) is 0 Å². The molecule has 28 heavy (non-hydrogen) atoms. The summed E-state index contributed by atoms with van der Waals surface area (Å²) >= 11 is 0. The average Bonchev–Trinajstić information content (AvgIpc) is 2.72. The highest BCUT2D eigenvalue weighted by atomic mass is 16.6. The lowest BCUT2D eigenvalue weighted by Gasteiger charge is -2.33. The van der Waals surface area contributed by atoms with Gasteiger partial charge in [-0.1, -0.05) is 18.2 Å². The fourth-order valence-electron chi connectivity index (χ4n) is 4.04. The SMILES string of the molecule is O=C(O)C1CCN(c2ncnc(N3CCCc4ccccc43)c2[N+](=O)[O-])CC1. The maximum Gasteiger partial charge on any atom is 0.353 e. The molecule has 0 saturated carbocycles. The van der Waals surface area contributed by atoms with Gasteiger partial charge in [-0.15, -0.1) is 0 Å². The lowest BCUT2D eigenvalue weighted by Crippen LogP contribution is -2.37. The van der Waals surface area contributed by atoms with Gasteiger partial charge in [0.2, 0.25) is 11.6 Å². The van der Waals surface area contributed by atoms with Crippen LogP contribution in [0.3, 0.4) is 0 Å². The van der Waals surface area contributed by atoms with Crippen LogP contribution in [0.2, 0.25) is 0 Å². The molecule has 0 amide bonds. The Labute approximate surface area is 161 Å². The highest BCUT2D eigenvalue weighted by molar-refractivity contribution is 5.78. The number of para-hydroxylation sites is 1. The number of aryl methyl sites for hydroxylation is 1. The van der Waals surface area contributed by atoms with E-state index < -0.39 is 16.8 Å². The van der Waals surface area contributed by atoms with Crippen molar-refractivity contribution in [3.8, 4) is 0 Å². The van der Waals surface area contributed by atoms with Crippen molar-refractivity contribution in [3.05, 3.63) is 46.3 Å². The summed E-state index contributed by atoms with van der Waals surface area (Å²) in [5.74, 6) is -0.669. The summed E-state index contributed by atoms with van der Waals surface area (Å²) in [5.41, 5.74) is 1.96. The molecule has 0 aliphatic carbocycles. The number of carboxylic acid groups (broad SMARTS) is 1. The molecule has 1 aromatic heterocycles. The Morgan fingerprint density at radius 1 is 1.14 bits per heavy atom. The van der Waals surface area contributed by atoms with Crippen molar-refractivity contribution < 1.29 is 14.8 Å². The van der Waals surface area contributed by atoms with Gasteiger partial charge in [-0.2, -0.15) is 0 Å².